The number of benzene rings is 1. The van der Waals surface area contributed by atoms with E-state index in [0.717, 1.165) is 29.6 Å². The number of alkyl halides is 3. The molecule has 1 fully saturated rings. The SMILES string of the molecule is Nc1nc(N)c2oc3c(C4CNC4)cc(Cl)cc3c2n1.O=C(O)C(F)(F)F. The standard InChI is InChI=1S/C13H12ClN5O.C2HF3O2/c14-6-1-7(5-3-17-4-5)10-8(2-6)9-11(20-10)12(15)19-13(16)18-9;3-2(4,5)1(6)7/h1-2,5,17H,3-4H2,(H4,15,16,18,19);(H,6,7). The minimum Gasteiger partial charge on any atom is -0.475 e. The van der Waals surface area contributed by atoms with Gasteiger partial charge in [0.05, 0.1) is 0 Å². The molecule has 2 aromatic heterocycles. The minimum atomic E-state index is -5.08. The maximum Gasteiger partial charge on any atom is 0.490 e. The van der Waals surface area contributed by atoms with E-state index in [2.05, 4.69) is 15.3 Å². The number of anilines is 2. The second-order valence-electron chi connectivity index (χ2n) is 5.78. The van der Waals surface area contributed by atoms with Gasteiger partial charge in [-0.25, -0.2) is 9.78 Å². The van der Waals surface area contributed by atoms with Crippen molar-refractivity contribution in [3.8, 4) is 0 Å². The van der Waals surface area contributed by atoms with Crippen molar-refractivity contribution in [2.75, 3.05) is 24.6 Å². The van der Waals surface area contributed by atoms with E-state index >= 15 is 0 Å². The van der Waals surface area contributed by atoms with Crippen molar-refractivity contribution in [2.24, 2.45) is 0 Å². The van der Waals surface area contributed by atoms with Crippen LogP contribution in [0.15, 0.2) is 16.5 Å². The first-order chi connectivity index (χ1) is 12.6. The summed E-state index contributed by atoms with van der Waals surface area (Å²) < 4.78 is 37.6. The van der Waals surface area contributed by atoms with Crippen LogP contribution in [0, 0.1) is 0 Å². The van der Waals surface area contributed by atoms with Gasteiger partial charge >= 0.3 is 12.1 Å². The lowest BCUT2D eigenvalue weighted by Crippen LogP contribution is -2.39. The molecule has 3 aromatic rings. The zero-order chi connectivity index (χ0) is 19.9. The summed E-state index contributed by atoms with van der Waals surface area (Å²) in [6, 6.07) is 3.76. The number of carbonyl (C=O) groups is 1. The van der Waals surface area contributed by atoms with E-state index in [1.165, 1.54) is 0 Å². The third-order valence-electron chi connectivity index (χ3n) is 3.91. The van der Waals surface area contributed by atoms with Crippen LogP contribution in [0.1, 0.15) is 11.5 Å². The lowest BCUT2D eigenvalue weighted by atomic mass is 9.92. The number of nitrogens with two attached hydrogens (primary N) is 2. The molecule has 8 nitrogen and oxygen atoms in total. The number of halogens is 4. The van der Waals surface area contributed by atoms with E-state index in [9.17, 15) is 13.2 Å². The van der Waals surface area contributed by atoms with Crippen LogP contribution in [-0.4, -0.2) is 40.3 Å². The molecule has 0 saturated carbocycles. The van der Waals surface area contributed by atoms with Crippen molar-refractivity contribution in [1.82, 2.24) is 15.3 Å². The molecule has 3 heterocycles. The van der Waals surface area contributed by atoms with Gasteiger partial charge in [0.1, 0.15) is 11.1 Å². The summed E-state index contributed by atoms with van der Waals surface area (Å²) >= 11 is 6.22. The summed E-state index contributed by atoms with van der Waals surface area (Å²) in [4.78, 5) is 17.1. The van der Waals surface area contributed by atoms with Crippen molar-refractivity contribution in [3.05, 3.63) is 22.7 Å². The number of hydrogen-bond donors (Lipinski definition) is 4. The lowest BCUT2D eigenvalue weighted by molar-refractivity contribution is -0.192. The van der Waals surface area contributed by atoms with Gasteiger partial charge in [0.25, 0.3) is 0 Å². The summed E-state index contributed by atoms with van der Waals surface area (Å²) in [5.74, 6) is -1.99. The van der Waals surface area contributed by atoms with Crippen molar-refractivity contribution >= 4 is 51.4 Å². The van der Waals surface area contributed by atoms with Gasteiger partial charge < -0.3 is 26.3 Å². The first-order valence-electron chi connectivity index (χ1n) is 7.53. The molecule has 1 saturated heterocycles. The molecular weight excluding hydrogens is 391 g/mol. The van der Waals surface area contributed by atoms with Gasteiger partial charge in [0, 0.05) is 35.0 Å². The van der Waals surface area contributed by atoms with Crippen LogP contribution in [0.5, 0.6) is 0 Å². The van der Waals surface area contributed by atoms with Crippen LogP contribution in [0.25, 0.3) is 22.1 Å². The fourth-order valence-electron chi connectivity index (χ4n) is 2.59. The van der Waals surface area contributed by atoms with E-state index in [0.29, 0.717) is 22.0 Å². The Morgan fingerprint density at radius 1 is 1.26 bits per heavy atom. The van der Waals surface area contributed by atoms with Gasteiger partial charge in [-0.2, -0.15) is 18.2 Å². The van der Waals surface area contributed by atoms with Gasteiger partial charge in [-0.1, -0.05) is 11.6 Å². The second kappa shape index (κ2) is 6.74. The van der Waals surface area contributed by atoms with Gasteiger partial charge in [-0.05, 0) is 12.1 Å². The normalized spacial score (nSPS) is 14.7. The Labute approximate surface area is 154 Å². The number of aromatic nitrogens is 2. The zero-order valence-corrected chi connectivity index (χ0v) is 14.2. The summed E-state index contributed by atoms with van der Waals surface area (Å²) in [6.45, 7) is 1.82. The predicted octanol–water partition coefficient (Wildman–Crippen LogP) is 2.51. The smallest absolute Gasteiger partial charge is 0.475 e. The Hall–Kier alpha value is -2.79. The minimum absolute atomic E-state index is 0.129. The fraction of sp³-hybridized carbons (Fsp3) is 0.267. The molecular formula is C15H13ClF3N5O3. The summed E-state index contributed by atoms with van der Waals surface area (Å²) in [6.07, 6.45) is -5.08. The summed E-state index contributed by atoms with van der Waals surface area (Å²) in [7, 11) is 0. The highest BCUT2D eigenvalue weighted by Crippen LogP contribution is 2.38. The topological polar surface area (TPSA) is 140 Å². The largest absolute Gasteiger partial charge is 0.490 e. The molecule has 0 radical (unpaired) electrons. The highest BCUT2D eigenvalue weighted by Gasteiger charge is 2.38. The zero-order valence-electron chi connectivity index (χ0n) is 13.5. The van der Waals surface area contributed by atoms with E-state index in [-0.39, 0.29) is 11.8 Å². The number of furan rings is 1. The molecule has 1 aliphatic rings. The maximum absolute atomic E-state index is 10.6. The third kappa shape index (κ3) is 3.69. The lowest BCUT2D eigenvalue weighted by Gasteiger charge is -2.27. The molecule has 0 bridgehead atoms. The summed E-state index contributed by atoms with van der Waals surface area (Å²) in [5.41, 5.74) is 14.4. The van der Waals surface area contributed by atoms with E-state index in [1.54, 1.807) is 0 Å². The van der Waals surface area contributed by atoms with Crippen molar-refractivity contribution < 1.29 is 27.5 Å². The molecule has 0 amide bonds. The van der Waals surface area contributed by atoms with E-state index in [1.807, 2.05) is 12.1 Å². The first-order valence-corrected chi connectivity index (χ1v) is 7.91. The number of hydrogen-bond acceptors (Lipinski definition) is 7. The monoisotopic (exact) mass is 403 g/mol. The van der Waals surface area contributed by atoms with E-state index < -0.39 is 12.1 Å². The number of nitrogens with one attached hydrogen (secondary N) is 1. The van der Waals surface area contributed by atoms with Gasteiger partial charge in [0.2, 0.25) is 5.95 Å². The maximum atomic E-state index is 10.6. The second-order valence-corrected chi connectivity index (χ2v) is 6.21. The van der Waals surface area contributed by atoms with Crippen molar-refractivity contribution in [3.63, 3.8) is 0 Å². The molecule has 144 valence electrons. The van der Waals surface area contributed by atoms with Crippen LogP contribution in [-0.2, 0) is 4.79 Å². The molecule has 1 aromatic carbocycles. The van der Waals surface area contributed by atoms with Crippen molar-refractivity contribution in [2.45, 2.75) is 12.1 Å². The number of nitrogens with zero attached hydrogens (tertiary/aromatic N) is 2. The highest BCUT2D eigenvalue weighted by atomic mass is 35.5. The number of carboxylic acids is 1. The van der Waals surface area contributed by atoms with Crippen LogP contribution < -0.4 is 16.8 Å². The van der Waals surface area contributed by atoms with Gasteiger partial charge in [-0.15, -0.1) is 0 Å². The van der Waals surface area contributed by atoms with Crippen LogP contribution in [0.3, 0.4) is 0 Å². The van der Waals surface area contributed by atoms with Crippen LogP contribution >= 0.6 is 11.6 Å². The van der Waals surface area contributed by atoms with Crippen LogP contribution in [0.4, 0.5) is 24.9 Å². The average Bonchev–Trinajstić information content (AvgIpc) is 2.84. The number of carboxylic acid groups (broad SMARTS) is 1. The third-order valence-corrected chi connectivity index (χ3v) is 4.13. The van der Waals surface area contributed by atoms with Gasteiger partial charge in [0.15, 0.2) is 11.4 Å². The highest BCUT2D eigenvalue weighted by molar-refractivity contribution is 6.32. The molecule has 27 heavy (non-hydrogen) atoms. The average molecular weight is 404 g/mol. The Bertz CT molecular complexity index is 1030. The van der Waals surface area contributed by atoms with Crippen molar-refractivity contribution in [1.29, 1.82) is 0 Å². The van der Waals surface area contributed by atoms with Crippen LogP contribution in [0.2, 0.25) is 5.02 Å². The quantitative estimate of drug-likeness (QED) is 0.485. The van der Waals surface area contributed by atoms with Gasteiger partial charge in [-0.3, -0.25) is 0 Å². The molecule has 1 aliphatic heterocycles. The van der Waals surface area contributed by atoms with E-state index in [4.69, 9.17) is 37.4 Å². The fourth-order valence-corrected chi connectivity index (χ4v) is 2.81. The Balaban J connectivity index is 0.000000260. The molecule has 0 spiro atoms. The summed E-state index contributed by atoms with van der Waals surface area (Å²) in [5, 5.41) is 11.8. The molecule has 6 N–H and O–H groups in total. The number of aliphatic carboxylic acids is 1. The molecule has 0 aliphatic carbocycles. The number of nitrogen functional groups attached to an aromatic ring is 2. The Morgan fingerprint density at radius 2 is 1.89 bits per heavy atom. The Morgan fingerprint density at radius 3 is 2.41 bits per heavy atom. The molecule has 4 rings (SSSR count). The number of fused-ring (bicyclic) bond motifs is 3. The predicted molar refractivity (Wildman–Crippen MR) is 92.4 cm³/mol. The number of rotatable bonds is 1. The molecule has 0 atom stereocenters. The first kappa shape index (κ1) is 19.0. The molecule has 12 heteroatoms. The molecule has 0 unspecified atom stereocenters. The Kier molecular flexibility index (Phi) is 4.74.